The molecule has 0 bridgehead atoms. The van der Waals surface area contributed by atoms with Gasteiger partial charge in [0.05, 0.1) is 22.8 Å². The maximum atomic E-state index is 12.9. The van der Waals surface area contributed by atoms with Crippen molar-refractivity contribution in [1.29, 1.82) is 5.26 Å². The van der Waals surface area contributed by atoms with Crippen LogP contribution in [0.3, 0.4) is 0 Å². The van der Waals surface area contributed by atoms with Gasteiger partial charge in [-0.25, -0.2) is 4.98 Å². The third-order valence-corrected chi connectivity index (χ3v) is 3.30. The van der Waals surface area contributed by atoms with Crippen LogP contribution in [0.5, 0.6) is 0 Å². The molecule has 2 rings (SSSR count). The van der Waals surface area contributed by atoms with Crippen LogP contribution in [0, 0.1) is 11.3 Å². The minimum absolute atomic E-state index is 0.165. The van der Waals surface area contributed by atoms with Gasteiger partial charge in [-0.3, -0.25) is 0 Å². The molecule has 138 valence electrons. The second-order valence-electron chi connectivity index (χ2n) is 5.15. The Morgan fingerprint density at radius 3 is 2.15 bits per heavy atom. The van der Waals surface area contributed by atoms with Crippen LogP contribution < -0.4 is 10.6 Å². The molecule has 0 aliphatic heterocycles. The summed E-state index contributed by atoms with van der Waals surface area (Å²) >= 11 is 0. The first-order chi connectivity index (χ1) is 12.1. The fourth-order valence-corrected chi connectivity index (χ4v) is 2.05. The van der Waals surface area contributed by atoms with Gasteiger partial charge in [0, 0.05) is 25.0 Å². The molecule has 10 heteroatoms. The lowest BCUT2D eigenvalue weighted by Crippen LogP contribution is -2.15. The zero-order chi connectivity index (χ0) is 19.4. The Balaban J connectivity index is 1.91. The van der Waals surface area contributed by atoms with Crippen molar-refractivity contribution in [3.05, 3.63) is 53.2 Å². The smallest absolute Gasteiger partial charge is 0.383 e. The van der Waals surface area contributed by atoms with Crippen LogP contribution in [0.4, 0.5) is 37.8 Å². The molecule has 4 nitrogen and oxygen atoms in total. The first-order valence-corrected chi connectivity index (χ1v) is 7.23. The summed E-state index contributed by atoms with van der Waals surface area (Å²) in [5.41, 5.74) is -2.23. The number of benzene rings is 1. The number of aromatic nitrogens is 1. The Labute approximate surface area is 144 Å². The van der Waals surface area contributed by atoms with Crippen LogP contribution in [0.2, 0.25) is 0 Å². The van der Waals surface area contributed by atoms with Gasteiger partial charge in [-0.15, -0.1) is 0 Å². The van der Waals surface area contributed by atoms with Gasteiger partial charge in [0.15, 0.2) is 0 Å². The van der Waals surface area contributed by atoms with Crippen LogP contribution in [0.25, 0.3) is 0 Å². The highest BCUT2D eigenvalue weighted by Crippen LogP contribution is 2.33. The van der Waals surface area contributed by atoms with E-state index in [0.29, 0.717) is 6.20 Å². The van der Waals surface area contributed by atoms with Crippen molar-refractivity contribution < 1.29 is 26.3 Å². The van der Waals surface area contributed by atoms with Gasteiger partial charge in [0.2, 0.25) is 0 Å². The third kappa shape index (κ3) is 5.02. The molecule has 2 aromatic rings. The molecule has 0 radical (unpaired) electrons. The highest BCUT2D eigenvalue weighted by molar-refractivity contribution is 5.53. The Kier molecular flexibility index (Phi) is 5.59. The number of alkyl halides is 6. The van der Waals surface area contributed by atoms with Gasteiger partial charge in [0.1, 0.15) is 5.82 Å². The van der Waals surface area contributed by atoms with Gasteiger partial charge in [-0.05, 0) is 30.3 Å². The lowest BCUT2D eigenvalue weighted by molar-refractivity contribution is -0.138. The average molecular weight is 374 g/mol. The Bertz CT molecular complexity index is 790. The number of halogens is 6. The minimum atomic E-state index is -4.65. The van der Waals surface area contributed by atoms with Crippen molar-refractivity contribution in [1.82, 2.24) is 4.98 Å². The zero-order valence-electron chi connectivity index (χ0n) is 13.0. The van der Waals surface area contributed by atoms with E-state index in [4.69, 9.17) is 5.26 Å². The molecule has 0 saturated carbocycles. The molecule has 0 unspecified atom stereocenters. The van der Waals surface area contributed by atoms with E-state index in [9.17, 15) is 26.3 Å². The number of hydrogen-bond donors (Lipinski definition) is 2. The number of nitrogens with zero attached hydrogens (tertiary/aromatic N) is 2. The number of pyridine rings is 1. The summed E-state index contributed by atoms with van der Waals surface area (Å²) in [6.45, 7) is 0.394. The minimum Gasteiger partial charge on any atom is -0.383 e. The van der Waals surface area contributed by atoms with Crippen LogP contribution >= 0.6 is 0 Å². The van der Waals surface area contributed by atoms with E-state index in [1.54, 1.807) is 0 Å². The monoisotopic (exact) mass is 374 g/mol. The van der Waals surface area contributed by atoms with Gasteiger partial charge in [-0.2, -0.15) is 31.6 Å². The fraction of sp³-hybridized carbons (Fsp3) is 0.250. The van der Waals surface area contributed by atoms with Crippen molar-refractivity contribution in [2.45, 2.75) is 12.4 Å². The average Bonchev–Trinajstić information content (AvgIpc) is 2.57. The van der Waals surface area contributed by atoms with Gasteiger partial charge in [0.25, 0.3) is 0 Å². The summed E-state index contributed by atoms with van der Waals surface area (Å²) in [7, 11) is 0. The number of nitriles is 1. The summed E-state index contributed by atoms with van der Waals surface area (Å²) < 4.78 is 75.8. The summed E-state index contributed by atoms with van der Waals surface area (Å²) in [5.74, 6) is 0.204. The SMILES string of the molecule is N#Cc1ccc(NCCNc2ccc(C(F)(F)F)cn2)cc1C(F)(F)F. The third-order valence-electron chi connectivity index (χ3n) is 3.30. The maximum absolute atomic E-state index is 12.9. The molecule has 0 aliphatic rings. The van der Waals surface area contributed by atoms with Crippen molar-refractivity contribution >= 4 is 11.5 Å². The van der Waals surface area contributed by atoms with Gasteiger partial charge >= 0.3 is 12.4 Å². The summed E-state index contributed by atoms with van der Waals surface area (Å²) in [5, 5.41) is 14.2. The lowest BCUT2D eigenvalue weighted by Gasteiger charge is -2.13. The number of nitrogens with one attached hydrogen (secondary N) is 2. The molecule has 1 aromatic heterocycles. The molecule has 26 heavy (non-hydrogen) atoms. The molecule has 0 saturated heterocycles. The summed E-state index contributed by atoms with van der Waals surface area (Å²) in [6.07, 6.45) is -8.43. The summed E-state index contributed by atoms with van der Waals surface area (Å²) in [4.78, 5) is 3.62. The molecule has 0 aliphatic carbocycles. The quantitative estimate of drug-likeness (QED) is 0.597. The van der Waals surface area contributed by atoms with E-state index in [1.165, 1.54) is 12.1 Å². The highest BCUT2D eigenvalue weighted by atomic mass is 19.4. The van der Waals surface area contributed by atoms with E-state index in [2.05, 4.69) is 15.6 Å². The molecule has 1 heterocycles. The van der Waals surface area contributed by atoms with Crippen molar-refractivity contribution in [2.24, 2.45) is 0 Å². The molecule has 0 spiro atoms. The molecule has 0 atom stereocenters. The largest absolute Gasteiger partial charge is 0.417 e. The normalized spacial score (nSPS) is 11.7. The predicted octanol–water partition coefficient (Wildman–Crippen LogP) is 4.51. The number of anilines is 2. The van der Waals surface area contributed by atoms with E-state index in [1.807, 2.05) is 0 Å². The van der Waals surface area contributed by atoms with Crippen LogP contribution in [0.1, 0.15) is 16.7 Å². The Morgan fingerprint density at radius 1 is 0.923 bits per heavy atom. The second kappa shape index (κ2) is 7.51. The molecule has 0 amide bonds. The zero-order valence-corrected chi connectivity index (χ0v) is 13.0. The van der Waals surface area contributed by atoms with Crippen molar-refractivity contribution in [3.8, 4) is 6.07 Å². The predicted molar refractivity (Wildman–Crippen MR) is 82.4 cm³/mol. The van der Waals surface area contributed by atoms with Crippen molar-refractivity contribution in [2.75, 3.05) is 23.7 Å². The number of rotatable bonds is 5. The van der Waals surface area contributed by atoms with E-state index < -0.39 is 29.0 Å². The Morgan fingerprint density at radius 2 is 1.62 bits per heavy atom. The highest BCUT2D eigenvalue weighted by Gasteiger charge is 2.33. The molecular weight excluding hydrogens is 362 g/mol. The first kappa shape index (κ1) is 19.4. The topological polar surface area (TPSA) is 60.7 Å². The van der Waals surface area contributed by atoms with E-state index in [-0.39, 0.29) is 24.6 Å². The van der Waals surface area contributed by atoms with E-state index in [0.717, 1.165) is 24.3 Å². The standard InChI is InChI=1S/C16H12F6N4/c17-15(18,19)11-2-4-14(26-9-11)25-6-5-24-12-3-1-10(8-23)13(7-12)16(20,21)22/h1-4,7,9,24H,5-6H2,(H,25,26). The van der Waals surface area contributed by atoms with Crippen LogP contribution in [0.15, 0.2) is 36.5 Å². The lowest BCUT2D eigenvalue weighted by atomic mass is 10.1. The fourth-order valence-electron chi connectivity index (χ4n) is 2.05. The first-order valence-electron chi connectivity index (χ1n) is 7.23. The molecule has 0 fully saturated rings. The Hall–Kier alpha value is -2.96. The van der Waals surface area contributed by atoms with E-state index >= 15 is 0 Å². The molecular formula is C16H12F6N4. The molecule has 2 N–H and O–H groups in total. The number of hydrogen-bond acceptors (Lipinski definition) is 4. The van der Waals surface area contributed by atoms with Crippen molar-refractivity contribution in [3.63, 3.8) is 0 Å². The summed E-state index contributed by atoms with van der Waals surface area (Å²) in [6, 6.07) is 6.75. The van der Waals surface area contributed by atoms with Gasteiger partial charge < -0.3 is 10.6 Å². The maximum Gasteiger partial charge on any atom is 0.417 e. The van der Waals surface area contributed by atoms with Crippen LogP contribution in [-0.4, -0.2) is 18.1 Å². The second-order valence-corrected chi connectivity index (χ2v) is 5.15. The van der Waals surface area contributed by atoms with Crippen LogP contribution in [-0.2, 0) is 12.4 Å². The van der Waals surface area contributed by atoms with Gasteiger partial charge in [-0.1, -0.05) is 0 Å². The molecule has 1 aromatic carbocycles.